The van der Waals surface area contributed by atoms with Gasteiger partial charge in [-0.25, -0.2) is 0 Å². The summed E-state index contributed by atoms with van der Waals surface area (Å²) >= 11 is 0. The van der Waals surface area contributed by atoms with E-state index in [0.717, 1.165) is 92.4 Å². The van der Waals surface area contributed by atoms with E-state index >= 15 is 0 Å². The van der Waals surface area contributed by atoms with Gasteiger partial charge in [0.2, 0.25) is 0 Å². The Kier molecular flexibility index (Phi) is 7.12. The molecule has 8 aromatic rings. The average molecular weight is 617 g/mol. The second-order valence-electron chi connectivity index (χ2n) is 12.0. The number of benzene rings is 5. The average Bonchev–Trinajstić information content (AvgIpc) is 3.64. The van der Waals surface area contributed by atoms with Gasteiger partial charge in [0, 0.05) is 21.4 Å². The molecule has 0 aliphatic heterocycles. The monoisotopic (exact) mass is 616 g/mol. The predicted octanol–water partition coefficient (Wildman–Crippen LogP) is 9.57. The quantitative estimate of drug-likeness (QED) is 0.197. The van der Waals surface area contributed by atoms with Crippen molar-refractivity contribution in [3.05, 3.63) is 179 Å². The summed E-state index contributed by atoms with van der Waals surface area (Å²) in [6, 6.07) is 45.5. The van der Waals surface area contributed by atoms with E-state index in [1.165, 1.54) is 0 Å². The Labute approximate surface area is 277 Å². The summed E-state index contributed by atoms with van der Waals surface area (Å²) in [5.74, 6) is 0. The van der Waals surface area contributed by atoms with Crippen molar-refractivity contribution < 1.29 is 8.83 Å². The number of fused-ring (bicyclic) bond motifs is 8. The standard InChI is InChI=1S/C46H32O2/c1-29-15-9-10-16-34(29)27-30(2)35-17-7-5-6-8-18-36(38-20-12-11-19-37(35)38)31(3)28-42-32(4)47-45-41(42)26-24-33-23-25-40-39-21-13-14-22-43(39)48-46(40)44(33)45/h5-28H,1-4H2/b6-5?,7-5?,8-6?,17-7?,18-8?,34-27-,35-17?,36-18?,37-35?,38-36?,42-28+. The Bertz CT molecular complexity index is 2920. The highest BCUT2D eigenvalue weighted by Gasteiger charge is 2.16. The van der Waals surface area contributed by atoms with Gasteiger partial charge in [-0.2, -0.15) is 0 Å². The van der Waals surface area contributed by atoms with Gasteiger partial charge in [-0.15, -0.1) is 0 Å². The van der Waals surface area contributed by atoms with Crippen LogP contribution in [0.25, 0.3) is 90.9 Å². The molecular weight excluding hydrogens is 585 g/mol. The first-order valence-corrected chi connectivity index (χ1v) is 15.9. The van der Waals surface area contributed by atoms with Crippen LogP contribution in [-0.4, -0.2) is 0 Å². The minimum absolute atomic E-state index is 0.578. The third-order valence-electron chi connectivity index (χ3n) is 9.06. The van der Waals surface area contributed by atoms with Crippen molar-refractivity contribution in [1.82, 2.24) is 0 Å². The molecule has 0 saturated heterocycles. The van der Waals surface area contributed by atoms with Crippen molar-refractivity contribution >= 4 is 90.9 Å². The van der Waals surface area contributed by atoms with Crippen LogP contribution in [0.4, 0.5) is 0 Å². The Morgan fingerprint density at radius 2 is 1.04 bits per heavy atom. The van der Waals surface area contributed by atoms with Gasteiger partial charge in [0.1, 0.15) is 22.2 Å². The van der Waals surface area contributed by atoms with E-state index in [4.69, 9.17) is 8.83 Å². The van der Waals surface area contributed by atoms with Crippen molar-refractivity contribution in [3.8, 4) is 0 Å². The van der Waals surface area contributed by atoms with E-state index in [9.17, 15) is 0 Å². The van der Waals surface area contributed by atoms with E-state index < -0.39 is 0 Å². The smallest absolute Gasteiger partial charge is 0.147 e. The fraction of sp³-hybridized carbons (Fsp3) is 0. The van der Waals surface area contributed by atoms with Gasteiger partial charge in [-0.3, -0.25) is 0 Å². The fourth-order valence-electron chi connectivity index (χ4n) is 6.68. The van der Waals surface area contributed by atoms with E-state index in [1.54, 1.807) is 0 Å². The van der Waals surface area contributed by atoms with Gasteiger partial charge in [0.15, 0.2) is 0 Å². The van der Waals surface area contributed by atoms with Crippen LogP contribution in [0.1, 0.15) is 11.1 Å². The molecule has 6 aromatic carbocycles. The molecule has 48 heavy (non-hydrogen) atoms. The lowest BCUT2D eigenvalue weighted by Crippen LogP contribution is -2.21. The Morgan fingerprint density at radius 1 is 0.479 bits per heavy atom. The van der Waals surface area contributed by atoms with Gasteiger partial charge in [0.25, 0.3) is 0 Å². The highest BCUT2D eigenvalue weighted by atomic mass is 16.3. The van der Waals surface area contributed by atoms with Gasteiger partial charge >= 0.3 is 0 Å². The number of allylic oxidation sites excluding steroid dienone is 2. The predicted molar refractivity (Wildman–Crippen MR) is 206 cm³/mol. The lowest BCUT2D eigenvalue weighted by atomic mass is 9.95. The molecule has 0 N–H and O–H groups in total. The van der Waals surface area contributed by atoms with Crippen molar-refractivity contribution in [2.45, 2.75) is 0 Å². The second kappa shape index (κ2) is 11.8. The van der Waals surface area contributed by atoms with Crippen LogP contribution in [0.5, 0.6) is 0 Å². The maximum Gasteiger partial charge on any atom is 0.147 e. The summed E-state index contributed by atoms with van der Waals surface area (Å²) in [6.45, 7) is 17.6. The number of rotatable bonds is 4. The third kappa shape index (κ3) is 4.92. The molecule has 0 unspecified atom stereocenters. The largest absolute Gasteiger partial charge is 0.456 e. The van der Waals surface area contributed by atoms with Crippen molar-refractivity contribution in [2.24, 2.45) is 0 Å². The summed E-state index contributed by atoms with van der Waals surface area (Å²) in [7, 11) is 0. The SMILES string of the molecule is C=C(/C=c1/ccccc1=C)c1ccccccc(C(=C)/C=c2\c(=C)oc3c2ccc2ccc4c5ccccc5oc4c23)c2ccccc12. The lowest BCUT2D eigenvalue weighted by molar-refractivity contribution is 0.580. The van der Waals surface area contributed by atoms with Crippen LogP contribution in [0.3, 0.4) is 0 Å². The Morgan fingerprint density at radius 3 is 1.75 bits per heavy atom. The van der Waals surface area contributed by atoms with Crippen LogP contribution in [0.2, 0.25) is 0 Å². The topological polar surface area (TPSA) is 26.3 Å². The van der Waals surface area contributed by atoms with Crippen LogP contribution < -0.4 is 21.1 Å². The molecule has 0 saturated carbocycles. The molecule has 2 aromatic heterocycles. The van der Waals surface area contributed by atoms with Gasteiger partial charge < -0.3 is 8.83 Å². The number of hydrogen-bond donors (Lipinski definition) is 0. The zero-order valence-electron chi connectivity index (χ0n) is 26.5. The molecule has 0 atom stereocenters. The summed E-state index contributed by atoms with van der Waals surface area (Å²) in [5.41, 5.74) is 6.75. The molecule has 2 nitrogen and oxygen atoms in total. The first-order valence-electron chi connectivity index (χ1n) is 15.9. The number of furan rings is 2. The highest BCUT2D eigenvalue weighted by molar-refractivity contribution is 6.22. The molecule has 0 spiro atoms. The molecular formula is C46H32O2. The highest BCUT2D eigenvalue weighted by Crippen LogP contribution is 2.37. The zero-order valence-corrected chi connectivity index (χ0v) is 26.5. The number of para-hydroxylation sites is 1. The maximum absolute atomic E-state index is 6.45. The first-order chi connectivity index (χ1) is 23.5. The molecule has 0 amide bonds. The summed E-state index contributed by atoms with van der Waals surface area (Å²) in [5, 5.41) is 10.1. The first kappa shape index (κ1) is 29.1. The van der Waals surface area contributed by atoms with Gasteiger partial charge in [-0.1, -0.05) is 142 Å². The minimum Gasteiger partial charge on any atom is -0.456 e. The van der Waals surface area contributed by atoms with Crippen LogP contribution in [0.15, 0.2) is 155 Å². The second-order valence-corrected chi connectivity index (χ2v) is 12.0. The van der Waals surface area contributed by atoms with E-state index in [1.807, 2.05) is 60.7 Å². The van der Waals surface area contributed by atoms with Crippen molar-refractivity contribution in [2.75, 3.05) is 0 Å². The van der Waals surface area contributed by atoms with Gasteiger partial charge in [0.05, 0.1) is 5.39 Å². The molecule has 0 aliphatic carbocycles. The molecule has 0 aliphatic rings. The molecule has 0 radical (unpaired) electrons. The normalized spacial score (nSPS) is 12.3. The van der Waals surface area contributed by atoms with Gasteiger partial charge in [-0.05, 0) is 79.2 Å². The summed E-state index contributed by atoms with van der Waals surface area (Å²) < 4.78 is 12.9. The minimum atomic E-state index is 0.578. The van der Waals surface area contributed by atoms with Crippen molar-refractivity contribution in [3.63, 3.8) is 0 Å². The summed E-state index contributed by atoms with van der Waals surface area (Å²) in [4.78, 5) is 0. The molecule has 0 bridgehead atoms. The van der Waals surface area contributed by atoms with E-state index in [0.29, 0.717) is 5.42 Å². The molecule has 228 valence electrons. The number of hydrogen-bond acceptors (Lipinski definition) is 2. The third-order valence-corrected chi connectivity index (χ3v) is 9.06. The molecule has 2 heteroatoms. The Balaban J connectivity index is 1.36. The zero-order chi connectivity index (χ0) is 32.8. The molecule has 8 rings (SSSR count). The van der Waals surface area contributed by atoms with E-state index in [2.05, 4.69) is 111 Å². The maximum atomic E-state index is 6.45. The van der Waals surface area contributed by atoms with Crippen LogP contribution in [-0.2, 0) is 0 Å². The lowest BCUT2D eigenvalue weighted by Gasteiger charge is -2.09. The summed E-state index contributed by atoms with van der Waals surface area (Å²) in [6.07, 6.45) is 4.18. The van der Waals surface area contributed by atoms with Crippen LogP contribution >= 0.6 is 0 Å². The molecule has 2 heterocycles. The van der Waals surface area contributed by atoms with E-state index in [-0.39, 0.29) is 0 Å². The van der Waals surface area contributed by atoms with Crippen LogP contribution in [0, 0.1) is 0 Å². The molecule has 0 fully saturated rings. The fourth-order valence-corrected chi connectivity index (χ4v) is 6.68. The Hall–Kier alpha value is -6.38. The van der Waals surface area contributed by atoms with Crippen molar-refractivity contribution in [1.29, 1.82) is 0 Å².